The van der Waals surface area contributed by atoms with E-state index in [0.717, 1.165) is 12.1 Å². The number of nitrogens with zero attached hydrogens (tertiary/aromatic N) is 2. The average Bonchev–Trinajstić information content (AvgIpc) is 2.44. The summed E-state index contributed by atoms with van der Waals surface area (Å²) in [5, 5.41) is 3.35. The van der Waals surface area contributed by atoms with E-state index in [-0.39, 0.29) is 0 Å². The van der Waals surface area contributed by atoms with Crippen LogP contribution in [0.5, 0.6) is 17.4 Å². The van der Waals surface area contributed by atoms with Crippen molar-refractivity contribution in [3.05, 3.63) is 35.0 Å². The van der Waals surface area contributed by atoms with Gasteiger partial charge in [0.2, 0.25) is 11.8 Å². The number of aryl methyl sites for hydroxylation is 1. The van der Waals surface area contributed by atoms with Crippen molar-refractivity contribution in [2.45, 2.75) is 13.8 Å². The van der Waals surface area contributed by atoms with E-state index in [1.807, 2.05) is 32.0 Å². The monoisotopic (exact) mass is 293 g/mol. The first-order chi connectivity index (χ1) is 9.63. The molecule has 0 bridgehead atoms. The Labute approximate surface area is 122 Å². The standard InChI is InChI=1S/C14H16ClN3O2/c1-4-16-14-17-8-10(15)13(18-14)20-11-6-5-9(2)7-12(11)19-3/h5-8H,4H2,1-3H3,(H,16,17,18). The van der Waals surface area contributed by atoms with Crippen LogP contribution in [0.4, 0.5) is 5.95 Å². The molecule has 0 saturated carbocycles. The van der Waals surface area contributed by atoms with Gasteiger partial charge in [0.25, 0.3) is 0 Å². The molecule has 5 nitrogen and oxygen atoms in total. The molecule has 1 heterocycles. The Hall–Kier alpha value is -2.01. The molecule has 0 radical (unpaired) electrons. The summed E-state index contributed by atoms with van der Waals surface area (Å²) >= 11 is 6.05. The lowest BCUT2D eigenvalue weighted by Crippen LogP contribution is -2.03. The SMILES string of the molecule is CCNc1ncc(Cl)c(Oc2ccc(C)cc2OC)n1. The topological polar surface area (TPSA) is 56.3 Å². The molecule has 0 amide bonds. The summed E-state index contributed by atoms with van der Waals surface area (Å²) in [7, 11) is 1.59. The lowest BCUT2D eigenvalue weighted by molar-refractivity contribution is 0.374. The Bertz CT molecular complexity index is 605. The number of hydrogen-bond acceptors (Lipinski definition) is 5. The summed E-state index contributed by atoms with van der Waals surface area (Å²) in [6, 6.07) is 5.63. The van der Waals surface area contributed by atoms with Crippen LogP contribution in [-0.4, -0.2) is 23.6 Å². The normalized spacial score (nSPS) is 10.2. The third-order valence-electron chi connectivity index (χ3n) is 2.57. The summed E-state index contributed by atoms with van der Waals surface area (Å²) in [6.07, 6.45) is 1.50. The van der Waals surface area contributed by atoms with Crippen LogP contribution in [0.2, 0.25) is 5.02 Å². The predicted octanol–water partition coefficient (Wildman–Crippen LogP) is 3.67. The minimum absolute atomic E-state index is 0.291. The molecule has 1 N–H and O–H groups in total. The molecule has 0 saturated heterocycles. The van der Waals surface area contributed by atoms with Gasteiger partial charge in [0.15, 0.2) is 11.5 Å². The van der Waals surface area contributed by atoms with Gasteiger partial charge in [-0.15, -0.1) is 0 Å². The summed E-state index contributed by atoms with van der Waals surface area (Å²) < 4.78 is 11.0. The van der Waals surface area contributed by atoms with Gasteiger partial charge >= 0.3 is 0 Å². The highest BCUT2D eigenvalue weighted by Crippen LogP contribution is 2.34. The molecule has 0 unspecified atom stereocenters. The number of benzene rings is 1. The fourth-order valence-corrected chi connectivity index (χ4v) is 1.76. The Morgan fingerprint density at radius 1 is 1.30 bits per heavy atom. The van der Waals surface area contributed by atoms with E-state index in [9.17, 15) is 0 Å². The van der Waals surface area contributed by atoms with Gasteiger partial charge in [0, 0.05) is 6.54 Å². The molecule has 1 aromatic heterocycles. The zero-order valence-electron chi connectivity index (χ0n) is 11.6. The lowest BCUT2D eigenvalue weighted by atomic mass is 10.2. The van der Waals surface area contributed by atoms with Gasteiger partial charge in [-0.2, -0.15) is 4.98 Å². The number of ether oxygens (including phenoxy) is 2. The van der Waals surface area contributed by atoms with Gasteiger partial charge in [0.05, 0.1) is 13.3 Å². The summed E-state index contributed by atoms with van der Waals surface area (Å²) in [4.78, 5) is 8.28. The smallest absolute Gasteiger partial charge is 0.243 e. The fraction of sp³-hybridized carbons (Fsp3) is 0.286. The van der Waals surface area contributed by atoms with Crippen LogP contribution in [0.3, 0.4) is 0 Å². The maximum atomic E-state index is 6.05. The third kappa shape index (κ3) is 3.30. The first-order valence-corrected chi connectivity index (χ1v) is 6.60. The van der Waals surface area contributed by atoms with Crippen LogP contribution >= 0.6 is 11.6 Å². The molecule has 0 aliphatic heterocycles. The van der Waals surface area contributed by atoms with E-state index < -0.39 is 0 Å². The van der Waals surface area contributed by atoms with Gasteiger partial charge in [-0.05, 0) is 31.5 Å². The fourth-order valence-electron chi connectivity index (χ4n) is 1.63. The van der Waals surface area contributed by atoms with E-state index in [0.29, 0.717) is 28.3 Å². The van der Waals surface area contributed by atoms with Crippen molar-refractivity contribution in [1.29, 1.82) is 0 Å². The van der Waals surface area contributed by atoms with Crippen molar-refractivity contribution < 1.29 is 9.47 Å². The van der Waals surface area contributed by atoms with Crippen molar-refractivity contribution in [2.75, 3.05) is 19.0 Å². The van der Waals surface area contributed by atoms with Crippen LogP contribution < -0.4 is 14.8 Å². The summed E-state index contributed by atoms with van der Waals surface area (Å²) in [5.74, 6) is 1.95. The molecular weight excluding hydrogens is 278 g/mol. The Balaban J connectivity index is 2.31. The van der Waals surface area contributed by atoms with Gasteiger partial charge in [0.1, 0.15) is 5.02 Å². The van der Waals surface area contributed by atoms with Crippen molar-refractivity contribution in [3.8, 4) is 17.4 Å². The minimum Gasteiger partial charge on any atom is -0.493 e. The predicted molar refractivity (Wildman–Crippen MR) is 79.0 cm³/mol. The molecule has 0 atom stereocenters. The zero-order valence-corrected chi connectivity index (χ0v) is 12.4. The van der Waals surface area contributed by atoms with Crippen molar-refractivity contribution in [3.63, 3.8) is 0 Å². The first-order valence-electron chi connectivity index (χ1n) is 6.23. The maximum absolute atomic E-state index is 6.05. The van der Waals surface area contributed by atoms with Gasteiger partial charge < -0.3 is 14.8 Å². The summed E-state index contributed by atoms with van der Waals surface area (Å²) in [5.41, 5.74) is 1.08. The highest BCUT2D eigenvalue weighted by Gasteiger charge is 2.11. The highest BCUT2D eigenvalue weighted by molar-refractivity contribution is 6.31. The molecule has 0 fully saturated rings. The number of halogens is 1. The second-order valence-corrected chi connectivity index (χ2v) is 4.54. The van der Waals surface area contributed by atoms with Crippen LogP contribution in [-0.2, 0) is 0 Å². The maximum Gasteiger partial charge on any atom is 0.243 e. The molecule has 2 aromatic rings. The molecule has 20 heavy (non-hydrogen) atoms. The molecule has 6 heteroatoms. The number of anilines is 1. The number of hydrogen-bond donors (Lipinski definition) is 1. The molecule has 0 spiro atoms. The van der Waals surface area contributed by atoms with E-state index >= 15 is 0 Å². The number of methoxy groups -OCH3 is 1. The molecule has 2 rings (SSSR count). The van der Waals surface area contributed by atoms with Gasteiger partial charge in [-0.1, -0.05) is 17.7 Å². The quantitative estimate of drug-likeness (QED) is 0.911. The van der Waals surface area contributed by atoms with Gasteiger partial charge in [-0.25, -0.2) is 4.98 Å². The molecule has 0 aliphatic carbocycles. The van der Waals surface area contributed by atoms with E-state index in [2.05, 4.69) is 15.3 Å². The molecular formula is C14H16ClN3O2. The van der Waals surface area contributed by atoms with Crippen molar-refractivity contribution >= 4 is 17.5 Å². The Morgan fingerprint density at radius 2 is 2.10 bits per heavy atom. The number of nitrogens with one attached hydrogen (secondary N) is 1. The van der Waals surface area contributed by atoms with Gasteiger partial charge in [-0.3, -0.25) is 0 Å². The van der Waals surface area contributed by atoms with Crippen LogP contribution in [0.25, 0.3) is 0 Å². The van der Waals surface area contributed by atoms with Crippen molar-refractivity contribution in [2.24, 2.45) is 0 Å². The van der Waals surface area contributed by atoms with Crippen LogP contribution in [0.1, 0.15) is 12.5 Å². The summed E-state index contributed by atoms with van der Waals surface area (Å²) in [6.45, 7) is 4.66. The highest BCUT2D eigenvalue weighted by atomic mass is 35.5. The second-order valence-electron chi connectivity index (χ2n) is 4.13. The minimum atomic E-state index is 0.291. The van der Waals surface area contributed by atoms with E-state index in [4.69, 9.17) is 21.1 Å². The molecule has 1 aromatic carbocycles. The third-order valence-corrected chi connectivity index (χ3v) is 2.83. The zero-order chi connectivity index (χ0) is 14.5. The van der Waals surface area contributed by atoms with Crippen LogP contribution in [0.15, 0.2) is 24.4 Å². The number of aromatic nitrogens is 2. The van der Waals surface area contributed by atoms with Crippen molar-refractivity contribution in [1.82, 2.24) is 9.97 Å². The average molecular weight is 294 g/mol. The van der Waals surface area contributed by atoms with Crippen LogP contribution in [0, 0.1) is 6.92 Å². The van der Waals surface area contributed by atoms with E-state index in [1.54, 1.807) is 7.11 Å². The first kappa shape index (κ1) is 14.4. The lowest BCUT2D eigenvalue weighted by Gasteiger charge is -2.12. The van der Waals surface area contributed by atoms with E-state index in [1.165, 1.54) is 6.20 Å². The Kier molecular flexibility index (Phi) is 4.63. The largest absolute Gasteiger partial charge is 0.493 e. The Morgan fingerprint density at radius 3 is 2.80 bits per heavy atom. The second kappa shape index (κ2) is 6.43. The number of rotatable bonds is 5. The molecule has 0 aliphatic rings. The molecule has 106 valence electrons.